The lowest BCUT2D eigenvalue weighted by atomic mass is 9.79. The molecule has 0 aliphatic carbocycles. The summed E-state index contributed by atoms with van der Waals surface area (Å²) in [6.45, 7) is 10.3. The van der Waals surface area contributed by atoms with Crippen molar-refractivity contribution >= 4 is 0 Å². The Bertz CT molecular complexity index is 471. The molecule has 2 aliphatic heterocycles. The van der Waals surface area contributed by atoms with Crippen LogP contribution in [0.3, 0.4) is 0 Å². The molecule has 0 saturated carbocycles. The lowest BCUT2D eigenvalue weighted by molar-refractivity contribution is -0.216. The van der Waals surface area contributed by atoms with E-state index in [9.17, 15) is 10.2 Å². The van der Waals surface area contributed by atoms with Crippen LogP contribution >= 0.6 is 0 Å². The largest absolute Gasteiger partial charge is 0.387 e. The number of fused-ring (bicyclic) bond motifs is 2. The summed E-state index contributed by atoms with van der Waals surface area (Å²) in [5, 5.41) is 21.6. The SMILES string of the molecule is C/C1=C\C=C(/C(C)C)CC[C@@](C)(O)[C@@H]2CC[C@@](C)(O)[C@H](CC1)O2. The third kappa shape index (κ3) is 4.68. The average molecular weight is 322 g/mol. The lowest BCUT2D eigenvalue weighted by Gasteiger charge is -2.46. The van der Waals surface area contributed by atoms with Crippen molar-refractivity contribution in [3.05, 3.63) is 23.3 Å². The molecule has 0 unspecified atom stereocenters. The van der Waals surface area contributed by atoms with Gasteiger partial charge in [-0.05, 0) is 65.2 Å². The summed E-state index contributed by atoms with van der Waals surface area (Å²) < 4.78 is 6.19. The van der Waals surface area contributed by atoms with Crippen molar-refractivity contribution in [1.82, 2.24) is 0 Å². The molecule has 0 aromatic heterocycles. The third-order valence-electron chi connectivity index (χ3n) is 5.67. The Balaban J connectivity index is 2.28. The van der Waals surface area contributed by atoms with E-state index in [1.54, 1.807) is 0 Å². The molecule has 1 saturated heterocycles. The van der Waals surface area contributed by atoms with Gasteiger partial charge in [0.15, 0.2) is 0 Å². The van der Waals surface area contributed by atoms with Crippen molar-refractivity contribution in [1.29, 1.82) is 0 Å². The van der Waals surface area contributed by atoms with Crippen LogP contribution in [0.25, 0.3) is 0 Å². The van der Waals surface area contributed by atoms with Gasteiger partial charge in [0, 0.05) is 0 Å². The van der Waals surface area contributed by atoms with Crippen LogP contribution < -0.4 is 0 Å². The molecular formula is C20H34O3. The van der Waals surface area contributed by atoms with E-state index in [2.05, 4.69) is 32.9 Å². The fourth-order valence-electron chi connectivity index (χ4n) is 3.65. The second kappa shape index (κ2) is 7.08. The molecule has 1 fully saturated rings. The minimum absolute atomic E-state index is 0.190. The normalized spacial score (nSPS) is 44.5. The molecule has 0 amide bonds. The third-order valence-corrected chi connectivity index (χ3v) is 5.67. The molecule has 2 bridgehead atoms. The molecule has 2 heterocycles. The van der Waals surface area contributed by atoms with E-state index >= 15 is 0 Å². The quantitative estimate of drug-likeness (QED) is 0.763. The molecular weight excluding hydrogens is 288 g/mol. The molecule has 3 heteroatoms. The first kappa shape index (κ1) is 18.7. The van der Waals surface area contributed by atoms with Gasteiger partial charge in [0.1, 0.15) is 0 Å². The Morgan fingerprint density at radius 3 is 2.26 bits per heavy atom. The zero-order valence-electron chi connectivity index (χ0n) is 15.4. The van der Waals surface area contributed by atoms with E-state index in [-0.39, 0.29) is 12.2 Å². The number of hydrogen-bond acceptors (Lipinski definition) is 3. The van der Waals surface area contributed by atoms with Gasteiger partial charge in [-0.3, -0.25) is 0 Å². The molecule has 23 heavy (non-hydrogen) atoms. The standard InChI is InChI=1S/C20H34O3/c1-14(2)16-8-6-15(3)7-9-17-20(5,22)13-11-18(23-17)19(4,21)12-10-16/h6,8,14,17-18,21-22H,7,9-13H2,1-5H3/b15-6+,16-8-/t17-,18-,19+,20+/m0/s1. The molecule has 0 radical (unpaired) electrons. The number of allylic oxidation sites excluding steroid dienone is 4. The molecule has 0 spiro atoms. The van der Waals surface area contributed by atoms with Crippen LogP contribution in [0.5, 0.6) is 0 Å². The van der Waals surface area contributed by atoms with Gasteiger partial charge in [0.25, 0.3) is 0 Å². The summed E-state index contributed by atoms with van der Waals surface area (Å²) >= 11 is 0. The molecule has 0 aromatic carbocycles. The maximum Gasteiger partial charge on any atom is 0.0883 e. The second-order valence-electron chi connectivity index (χ2n) is 8.31. The number of hydrogen-bond donors (Lipinski definition) is 2. The van der Waals surface area contributed by atoms with E-state index in [0.29, 0.717) is 25.2 Å². The van der Waals surface area contributed by atoms with Gasteiger partial charge in [-0.1, -0.05) is 37.1 Å². The van der Waals surface area contributed by atoms with Gasteiger partial charge < -0.3 is 14.9 Å². The average Bonchev–Trinajstić information content (AvgIpc) is 2.43. The molecule has 3 nitrogen and oxygen atoms in total. The van der Waals surface area contributed by atoms with Crippen molar-refractivity contribution in [3.63, 3.8) is 0 Å². The predicted octanol–water partition coefficient (Wildman–Crippen LogP) is 4.14. The zero-order chi connectivity index (χ0) is 17.3. The van der Waals surface area contributed by atoms with E-state index in [0.717, 1.165) is 19.3 Å². The van der Waals surface area contributed by atoms with Gasteiger partial charge in [0.2, 0.25) is 0 Å². The molecule has 0 aromatic rings. The Morgan fingerprint density at radius 2 is 1.61 bits per heavy atom. The fraction of sp³-hybridized carbons (Fsp3) is 0.800. The van der Waals surface area contributed by atoms with E-state index < -0.39 is 11.2 Å². The van der Waals surface area contributed by atoms with E-state index in [4.69, 9.17) is 4.74 Å². The van der Waals surface area contributed by atoms with Crippen LogP contribution in [0.15, 0.2) is 23.3 Å². The highest BCUT2D eigenvalue weighted by atomic mass is 16.5. The summed E-state index contributed by atoms with van der Waals surface area (Å²) in [5.74, 6) is 0.485. The van der Waals surface area contributed by atoms with Crippen LogP contribution in [0.4, 0.5) is 0 Å². The van der Waals surface area contributed by atoms with Gasteiger partial charge in [0.05, 0.1) is 23.4 Å². The van der Waals surface area contributed by atoms with Crippen molar-refractivity contribution in [2.75, 3.05) is 0 Å². The van der Waals surface area contributed by atoms with Crippen LogP contribution in [-0.4, -0.2) is 33.6 Å². The first-order valence-corrected chi connectivity index (χ1v) is 9.08. The molecule has 2 rings (SSSR count). The summed E-state index contributed by atoms with van der Waals surface area (Å²) in [6.07, 6.45) is 8.73. The fourth-order valence-corrected chi connectivity index (χ4v) is 3.65. The first-order chi connectivity index (χ1) is 10.6. The number of ether oxygens (including phenoxy) is 1. The minimum Gasteiger partial charge on any atom is -0.387 e. The topological polar surface area (TPSA) is 49.7 Å². The van der Waals surface area contributed by atoms with Gasteiger partial charge >= 0.3 is 0 Å². The second-order valence-corrected chi connectivity index (χ2v) is 8.31. The summed E-state index contributed by atoms with van der Waals surface area (Å²) in [4.78, 5) is 0. The Kier molecular flexibility index (Phi) is 5.76. The van der Waals surface area contributed by atoms with Crippen LogP contribution in [0.1, 0.15) is 73.1 Å². The summed E-state index contributed by atoms with van der Waals surface area (Å²) in [6, 6.07) is 0. The molecule has 4 atom stereocenters. The minimum atomic E-state index is -0.847. The first-order valence-electron chi connectivity index (χ1n) is 9.08. The van der Waals surface area contributed by atoms with Gasteiger partial charge in [-0.25, -0.2) is 0 Å². The van der Waals surface area contributed by atoms with Crippen molar-refractivity contribution in [2.45, 2.75) is 96.6 Å². The molecule has 2 aliphatic rings. The van der Waals surface area contributed by atoms with E-state index in [1.807, 2.05) is 13.8 Å². The highest BCUT2D eigenvalue weighted by molar-refractivity contribution is 5.19. The maximum absolute atomic E-state index is 10.9. The summed E-state index contributed by atoms with van der Waals surface area (Å²) in [5.41, 5.74) is 1.05. The Hall–Kier alpha value is -0.640. The Labute approximate surface area is 141 Å². The van der Waals surface area contributed by atoms with Crippen molar-refractivity contribution in [3.8, 4) is 0 Å². The predicted molar refractivity (Wildman–Crippen MR) is 94.3 cm³/mol. The monoisotopic (exact) mass is 322 g/mol. The summed E-state index contributed by atoms with van der Waals surface area (Å²) in [7, 11) is 0. The van der Waals surface area contributed by atoms with Gasteiger partial charge in [-0.2, -0.15) is 0 Å². The molecule has 2 N–H and O–H groups in total. The van der Waals surface area contributed by atoms with E-state index in [1.165, 1.54) is 11.1 Å². The number of rotatable bonds is 1. The van der Waals surface area contributed by atoms with Crippen LogP contribution in [-0.2, 0) is 4.74 Å². The molecule has 132 valence electrons. The highest BCUT2D eigenvalue weighted by Gasteiger charge is 2.44. The van der Waals surface area contributed by atoms with Crippen molar-refractivity contribution in [2.24, 2.45) is 5.92 Å². The van der Waals surface area contributed by atoms with Gasteiger partial charge in [-0.15, -0.1) is 0 Å². The maximum atomic E-state index is 10.9. The smallest absolute Gasteiger partial charge is 0.0883 e. The van der Waals surface area contributed by atoms with Crippen LogP contribution in [0.2, 0.25) is 0 Å². The van der Waals surface area contributed by atoms with Crippen molar-refractivity contribution < 1.29 is 14.9 Å². The van der Waals surface area contributed by atoms with Crippen LogP contribution in [0, 0.1) is 5.92 Å². The zero-order valence-corrected chi connectivity index (χ0v) is 15.4. The lowest BCUT2D eigenvalue weighted by Crippen LogP contribution is -2.54. The number of aliphatic hydroxyl groups is 2. The Morgan fingerprint density at radius 1 is 1.00 bits per heavy atom. The highest BCUT2D eigenvalue weighted by Crippen LogP contribution is 2.38.